The van der Waals surface area contributed by atoms with Crippen LogP contribution in [-0.2, 0) is 11.2 Å². The van der Waals surface area contributed by atoms with E-state index in [0.717, 1.165) is 44.5 Å². The summed E-state index contributed by atoms with van der Waals surface area (Å²) in [4.78, 5) is 15.9. The van der Waals surface area contributed by atoms with Crippen molar-refractivity contribution in [1.82, 2.24) is 9.71 Å². The van der Waals surface area contributed by atoms with E-state index in [0.29, 0.717) is 11.1 Å². The summed E-state index contributed by atoms with van der Waals surface area (Å²) in [5, 5.41) is 11.1. The monoisotopic (exact) mass is 426 g/mol. The van der Waals surface area contributed by atoms with Gasteiger partial charge in [-0.05, 0) is 72.4 Å². The first-order valence-corrected chi connectivity index (χ1v) is 11.3. The lowest BCUT2D eigenvalue weighted by molar-refractivity contribution is -0.136. The van der Waals surface area contributed by atoms with Crippen LogP contribution in [0, 0.1) is 11.8 Å². The van der Waals surface area contributed by atoms with E-state index >= 15 is 0 Å². The average Bonchev–Trinajstić information content (AvgIpc) is 3.42. The van der Waals surface area contributed by atoms with Gasteiger partial charge in [0, 0.05) is 21.8 Å². The molecule has 2 saturated carbocycles. The summed E-state index contributed by atoms with van der Waals surface area (Å²) in [6.07, 6.45) is 5.33. The summed E-state index contributed by atoms with van der Waals surface area (Å²) < 4.78 is 3.65. The number of H-pyrrole nitrogens is 1. The Balaban J connectivity index is 1.45. The Morgan fingerprint density at radius 2 is 2.07 bits per heavy atom. The molecule has 0 spiro atoms. The van der Waals surface area contributed by atoms with Crippen molar-refractivity contribution in [3.05, 3.63) is 53.1 Å². The molecule has 0 saturated heterocycles. The van der Waals surface area contributed by atoms with Gasteiger partial charge in [0.05, 0.1) is 17.1 Å². The van der Waals surface area contributed by atoms with Gasteiger partial charge >= 0.3 is 5.97 Å². The number of hydrogen-bond acceptors (Lipinski definition) is 3. The summed E-state index contributed by atoms with van der Waals surface area (Å²) in [5.41, 5.74) is 3.57. The Morgan fingerprint density at radius 3 is 2.83 bits per heavy atom. The van der Waals surface area contributed by atoms with Crippen LogP contribution in [0.2, 0.25) is 5.02 Å². The summed E-state index contributed by atoms with van der Waals surface area (Å²) in [5.74, 6) is 0.854. The Morgan fingerprint density at radius 1 is 1.21 bits per heavy atom. The number of carboxylic acids is 1. The predicted molar refractivity (Wildman–Crippen MR) is 118 cm³/mol. The summed E-state index contributed by atoms with van der Waals surface area (Å²) >= 11 is 8.09. The zero-order valence-electron chi connectivity index (χ0n) is 16.0. The van der Waals surface area contributed by atoms with Crippen molar-refractivity contribution in [2.75, 3.05) is 0 Å². The van der Waals surface area contributed by atoms with Gasteiger partial charge in [-0.1, -0.05) is 42.3 Å². The number of hydrogen-bond donors (Lipinski definition) is 3. The SMILES string of the molecule is O=C(O)Cc1c(-c2ccc(Cl)c(SNC3CC4CCC3C4)c2)[nH]c2ccccc12. The van der Waals surface area contributed by atoms with Crippen molar-refractivity contribution < 1.29 is 9.90 Å². The fourth-order valence-corrected chi connectivity index (χ4v) is 6.20. The Labute approximate surface area is 179 Å². The molecule has 0 aliphatic heterocycles. The first-order valence-electron chi connectivity index (χ1n) is 10.1. The van der Waals surface area contributed by atoms with Gasteiger partial charge in [-0.3, -0.25) is 9.52 Å². The molecule has 3 N–H and O–H groups in total. The third kappa shape index (κ3) is 3.67. The van der Waals surface area contributed by atoms with Crippen molar-refractivity contribution in [3.63, 3.8) is 0 Å². The van der Waals surface area contributed by atoms with E-state index in [4.69, 9.17) is 11.6 Å². The standard InChI is InChI=1S/C23H23ClN2O2S/c24-18-8-7-15(11-21(18)29-26-20-10-13-5-6-14(20)9-13)23-17(12-22(27)28)16-3-1-2-4-19(16)25-23/h1-4,7-8,11,13-14,20,25-26H,5-6,9-10,12H2,(H,27,28). The second kappa shape index (κ2) is 7.71. The van der Waals surface area contributed by atoms with Gasteiger partial charge in [-0.25, -0.2) is 0 Å². The minimum absolute atomic E-state index is 0.0200. The fraction of sp³-hybridized carbons (Fsp3) is 0.348. The van der Waals surface area contributed by atoms with Gasteiger partial charge < -0.3 is 10.1 Å². The molecule has 5 rings (SSSR count). The van der Waals surface area contributed by atoms with Crippen molar-refractivity contribution in [3.8, 4) is 11.3 Å². The molecule has 2 aliphatic carbocycles. The second-order valence-corrected chi connectivity index (χ2v) is 9.53. The molecule has 1 heterocycles. The largest absolute Gasteiger partial charge is 0.481 e. The van der Waals surface area contributed by atoms with E-state index < -0.39 is 5.97 Å². The van der Waals surface area contributed by atoms with Gasteiger partial charge in [-0.2, -0.15) is 0 Å². The van der Waals surface area contributed by atoms with Crippen LogP contribution >= 0.6 is 23.5 Å². The van der Waals surface area contributed by atoms with E-state index in [1.165, 1.54) is 25.7 Å². The summed E-state index contributed by atoms with van der Waals surface area (Å²) in [7, 11) is 0. The van der Waals surface area contributed by atoms with Crippen molar-refractivity contribution >= 4 is 40.4 Å². The first-order chi connectivity index (χ1) is 14.1. The minimum atomic E-state index is -0.836. The van der Waals surface area contributed by atoms with E-state index in [1.807, 2.05) is 36.4 Å². The lowest BCUT2D eigenvalue weighted by atomic mass is 9.96. The number of carboxylic acid groups (broad SMARTS) is 1. The summed E-state index contributed by atoms with van der Waals surface area (Å²) in [6.45, 7) is 0. The lowest BCUT2D eigenvalue weighted by Gasteiger charge is -2.22. The van der Waals surface area contributed by atoms with Gasteiger partial charge in [0.25, 0.3) is 0 Å². The fourth-order valence-electron chi connectivity index (χ4n) is 5.05. The molecule has 3 unspecified atom stereocenters. The number of carbonyl (C=O) groups is 1. The number of fused-ring (bicyclic) bond motifs is 3. The molecule has 3 atom stereocenters. The van der Waals surface area contributed by atoms with Crippen LogP contribution in [0.25, 0.3) is 22.2 Å². The number of rotatable bonds is 6. The van der Waals surface area contributed by atoms with E-state index in [9.17, 15) is 9.90 Å². The van der Waals surface area contributed by atoms with Crippen molar-refractivity contribution in [1.29, 1.82) is 0 Å². The van der Waals surface area contributed by atoms with Gasteiger partial charge in [0.2, 0.25) is 0 Å². The predicted octanol–water partition coefficient (Wildman–Crippen LogP) is 5.90. The number of aromatic amines is 1. The van der Waals surface area contributed by atoms with E-state index in [-0.39, 0.29) is 6.42 Å². The maximum atomic E-state index is 11.5. The molecule has 6 heteroatoms. The zero-order valence-corrected chi connectivity index (χ0v) is 17.5. The molecule has 0 amide bonds. The molecule has 2 fully saturated rings. The number of halogens is 1. The highest BCUT2D eigenvalue weighted by molar-refractivity contribution is 7.97. The average molecular weight is 427 g/mol. The number of aromatic nitrogens is 1. The quantitative estimate of drug-likeness (QED) is 0.429. The molecular weight excluding hydrogens is 404 g/mol. The number of benzene rings is 2. The normalized spacial score (nSPS) is 23.1. The highest BCUT2D eigenvalue weighted by atomic mass is 35.5. The third-order valence-corrected chi connectivity index (χ3v) is 7.84. The van der Waals surface area contributed by atoms with E-state index in [2.05, 4.69) is 15.8 Å². The molecule has 150 valence electrons. The van der Waals surface area contributed by atoms with E-state index in [1.54, 1.807) is 11.9 Å². The van der Waals surface area contributed by atoms with Crippen molar-refractivity contribution in [2.45, 2.75) is 43.0 Å². The molecule has 2 bridgehead atoms. The van der Waals surface area contributed by atoms with Crippen LogP contribution in [0.4, 0.5) is 0 Å². The van der Waals surface area contributed by atoms with Crippen molar-refractivity contribution in [2.24, 2.45) is 11.8 Å². The van der Waals surface area contributed by atoms with Crippen LogP contribution in [-0.4, -0.2) is 22.1 Å². The van der Waals surface area contributed by atoms with Crippen LogP contribution in [0.1, 0.15) is 31.2 Å². The minimum Gasteiger partial charge on any atom is -0.481 e. The first kappa shape index (κ1) is 19.0. The highest BCUT2D eigenvalue weighted by Crippen LogP contribution is 2.45. The molecule has 0 radical (unpaired) electrons. The number of nitrogens with one attached hydrogen (secondary N) is 2. The van der Waals surface area contributed by atoms with Gasteiger partial charge in [0.1, 0.15) is 0 Å². The maximum Gasteiger partial charge on any atom is 0.307 e. The van der Waals surface area contributed by atoms with Crippen LogP contribution in [0.5, 0.6) is 0 Å². The Kier molecular flexibility index (Phi) is 5.06. The molecule has 2 aromatic carbocycles. The molecule has 2 aliphatic rings. The molecule has 29 heavy (non-hydrogen) atoms. The zero-order chi connectivity index (χ0) is 20.0. The van der Waals surface area contributed by atoms with Crippen LogP contribution in [0.15, 0.2) is 47.4 Å². The third-order valence-electron chi connectivity index (χ3n) is 6.42. The van der Waals surface area contributed by atoms with Crippen LogP contribution in [0.3, 0.4) is 0 Å². The number of aliphatic carboxylic acids is 1. The molecule has 3 aromatic rings. The number of para-hydroxylation sites is 1. The highest BCUT2D eigenvalue weighted by Gasteiger charge is 2.39. The van der Waals surface area contributed by atoms with Crippen LogP contribution < -0.4 is 4.72 Å². The lowest BCUT2D eigenvalue weighted by Crippen LogP contribution is -2.28. The van der Waals surface area contributed by atoms with Gasteiger partial charge in [-0.15, -0.1) is 0 Å². The van der Waals surface area contributed by atoms with Gasteiger partial charge in [0.15, 0.2) is 0 Å². The molecular formula is C23H23ClN2O2S. The Bertz CT molecular complexity index is 1080. The molecule has 4 nitrogen and oxygen atoms in total. The smallest absolute Gasteiger partial charge is 0.307 e. The Hall–Kier alpha value is -1.95. The summed E-state index contributed by atoms with van der Waals surface area (Å²) in [6, 6.07) is 14.3. The topological polar surface area (TPSA) is 65.1 Å². The second-order valence-electron chi connectivity index (χ2n) is 8.24. The molecule has 1 aromatic heterocycles. The maximum absolute atomic E-state index is 11.5.